The first-order chi connectivity index (χ1) is 14.5. The van der Waals surface area contributed by atoms with E-state index in [1.165, 1.54) is 14.2 Å². The van der Waals surface area contributed by atoms with Crippen LogP contribution in [0.2, 0.25) is 0 Å². The molecule has 6 heteroatoms. The van der Waals surface area contributed by atoms with Crippen molar-refractivity contribution in [2.75, 3.05) is 14.2 Å². The fraction of sp³-hybridized carbons (Fsp3) is 0.417. The highest BCUT2D eigenvalue weighted by Gasteiger charge is 2.19. The van der Waals surface area contributed by atoms with Gasteiger partial charge in [-0.2, -0.15) is 0 Å². The number of rotatable bonds is 12. The zero-order valence-electron chi connectivity index (χ0n) is 18.0. The minimum Gasteiger partial charge on any atom is -0.497 e. The number of methoxy groups -OCH3 is 2. The number of hydrogen-bond acceptors (Lipinski definition) is 5. The van der Waals surface area contributed by atoms with Gasteiger partial charge in [0.1, 0.15) is 17.6 Å². The standard InChI is InChI=1S/C24H31NO5/c1-4-5-11-20(12-13-23(26)25-17-18-9-7-6-8-10-18)30-24(27)19-14-21(28-2)16-22(15-19)29-3/h6-10,14-16,20H,4-5,11-13,17H2,1-3H3,(H,25,26)/t20-/m1/s1. The number of unbranched alkanes of at least 4 members (excludes halogenated alkanes) is 1. The summed E-state index contributed by atoms with van der Waals surface area (Å²) in [6.07, 6.45) is 3.09. The lowest BCUT2D eigenvalue weighted by Gasteiger charge is -2.18. The fourth-order valence-electron chi connectivity index (χ4n) is 3.02. The number of benzene rings is 2. The second-order valence-electron chi connectivity index (χ2n) is 7.07. The maximum absolute atomic E-state index is 12.7. The highest BCUT2D eigenvalue weighted by atomic mass is 16.5. The summed E-state index contributed by atoms with van der Waals surface area (Å²) in [5.74, 6) is 0.538. The third kappa shape index (κ3) is 7.78. The Hall–Kier alpha value is -3.02. The van der Waals surface area contributed by atoms with Crippen LogP contribution in [0.4, 0.5) is 0 Å². The number of amides is 1. The zero-order chi connectivity index (χ0) is 21.8. The SMILES string of the molecule is CCCC[C@H](CCC(=O)NCc1ccccc1)OC(=O)c1cc(OC)cc(OC)c1. The molecule has 1 amide bonds. The van der Waals surface area contributed by atoms with Crippen LogP contribution in [0.1, 0.15) is 54.9 Å². The van der Waals surface area contributed by atoms with Crippen LogP contribution in [0.5, 0.6) is 11.5 Å². The molecule has 0 radical (unpaired) electrons. The number of esters is 1. The molecule has 30 heavy (non-hydrogen) atoms. The molecule has 0 saturated carbocycles. The minimum atomic E-state index is -0.446. The Labute approximate surface area is 178 Å². The van der Waals surface area contributed by atoms with Gasteiger partial charge in [-0.3, -0.25) is 4.79 Å². The van der Waals surface area contributed by atoms with Crippen LogP contribution >= 0.6 is 0 Å². The summed E-state index contributed by atoms with van der Waals surface area (Å²) in [7, 11) is 3.06. The maximum atomic E-state index is 12.7. The normalized spacial score (nSPS) is 11.4. The number of carbonyl (C=O) groups is 2. The molecule has 0 aliphatic rings. The van der Waals surface area contributed by atoms with E-state index in [0.29, 0.717) is 36.4 Å². The van der Waals surface area contributed by atoms with Crippen molar-refractivity contribution in [3.8, 4) is 11.5 Å². The van der Waals surface area contributed by atoms with Gasteiger partial charge in [-0.1, -0.05) is 50.1 Å². The lowest BCUT2D eigenvalue weighted by molar-refractivity contribution is -0.121. The number of carbonyl (C=O) groups excluding carboxylic acids is 2. The number of nitrogens with one attached hydrogen (secondary N) is 1. The Bertz CT molecular complexity index is 784. The Balaban J connectivity index is 1.93. The molecular weight excluding hydrogens is 382 g/mol. The maximum Gasteiger partial charge on any atom is 0.338 e. The van der Waals surface area contributed by atoms with Gasteiger partial charge in [0.2, 0.25) is 5.91 Å². The molecule has 2 aromatic carbocycles. The first kappa shape index (κ1) is 23.3. The molecule has 0 aromatic heterocycles. The molecule has 0 heterocycles. The van der Waals surface area contributed by atoms with E-state index in [1.54, 1.807) is 18.2 Å². The molecule has 6 nitrogen and oxygen atoms in total. The van der Waals surface area contributed by atoms with Crippen LogP contribution in [0.15, 0.2) is 48.5 Å². The largest absolute Gasteiger partial charge is 0.497 e. The van der Waals surface area contributed by atoms with Gasteiger partial charge in [-0.15, -0.1) is 0 Å². The summed E-state index contributed by atoms with van der Waals surface area (Å²) in [6, 6.07) is 14.7. The van der Waals surface area contributed by atoms with Crippen molar-refractivity contribution in [2.24, 2.45) is 0 Å². The van der Waals surface area contributed by atoms with E-state index in [2.05, 4.69) is 12.2 Å². The first-order valence-electron chi connectivity index (χ1n) is 10.3. The molecule has 1 atom stereocenters. The Morgan fingerprint density at radius 3 is 2.23 bits per heavy atom. The predicted molar refractivity (Wildman–Crippen MR) is 116 cm³/mol. The van der Waals surface area contributed by atoms with Gasteiger partial charge in [0, 0.05) is 19.0 Å². The van der Waals surface area contributed by atoms with E-state index in [1.807, 2.05) is 30.3 Å². The second kappa shape index (κ2) is 12.5. The van der Waals surface area contributed by atoms with Crippen molar-refractivity contribution in [1.29, 1.82) is 0 Å². The van der Waals surface area contributed by atoms with E-state index < -0.39 is 5.97 Å². The second-order valence-corrected chi connectivity index (χ2v) is 7.07. The van der Waals surface area contributed by atoms with Crippen LogP contribution in [-0.2, 0) is 16.1 Å². The van der Waals surface area contributed by atoms with Gasteiger partial charge in [0.25, 0.3) is 0 Å². The van der Waals surface area contributed by atoms with E-state index >= 15 is 0 Å². The average Bonchev–Trinajstić information content (AvgIpc) is 2.79. The van der Waals surface area contributed by atoms with Crippen molar-refractivity contribution in [3.63, 3.8) is 0 Å². The van der Waals surface area contributed by atoms with Gasteiger partial charge in [0.15, 0.2) is 0 Å². The highest BCUT2D eigenvalue weighted by Crippen LogP contribution is 2.24. The molecule has 0 aliphatic carbocycles. The topological polar surface area (TPSA) is 73.9 Å². The molecular formula is C24H31NO5. The number of ether oxygens (including phenoxy) is 3. The van der Waals surface area contributed by atoms with Crippen LogP contribution in [0.25, 0.3) is 0 Å². The number of hydrogen-bond donors (Lipinski definition) is 1. The van der Waals surface area contributed by atoms with Gasteiger partial charge in [-0.25, -0.2) is 4.79 Å². The van der Waals surface area contributed by atoms with Gasteiger partial charge in [0.05, 0.1) is 19.8 Å². The quantitative estimate of drug-likeness (QED) is 0.518. The monoisotopic (exact) mass is 413 g/mol. The molecule has 0 fully saturated rings. The minimum absolute atomic E-state index is 0.0561. The van der Waals surface area contributed by atoms with Crippen LogP contribution in [0.3, 0.4) is 0 Å². The molecule has 0 unspecified atom stereocenters. The Morgan fingerprint density at radius 1 is 0.967 bits per heavy atom. The Morgan fingerprint density at radius 2 is 1.63 bits per heavy atom. The lowest BCUT2D eigenvalue weighted by atomic mass is 10.1. The van der Waals surface area contributed by atoms with Crippen molar-refractivity contribution in [2.45, 2.75) is 51.7 Å². The molecule has 0 bridgehead atoms. The zero-order valence-corrected chi connectivity index (χ0v) is 18.0. The third-order valence-electron chi connectivity index (χ3n) is 4.77. The molecule has 1 N–H and O–H groups in total. The Kier molecular flexibility index (Phi) is 9.71. The molecule has 2 aromatic rings. The summed E-state index contributed by atoms with van der Waals surface area (Å²) < 4.78 is 16.2. The molecule has 162 valence electrons. The lowest BCUT2D eigenvalue weighted by Crippen LogP contribution is -2.25. The molecule has 0 saturated heterocycles. The third-order valence-corrected chi connectivity index (χ3v) is 4.77. The van der Waals surface area contributed by atoms with Crippen LogP contribution < -0.4 is 14.8 Å². The van der Waals surface area contributed by atoms with Gasteiger partial charge >= 0.3 is 5.97 Å². The van der Waals surface area contributed by atoms with Crippen molar-refractivity contribution in [3.05, 3.63) is 59.7 Å². The smallest absolute Gasteiger partial charge is 0.338 e. The van der Waals surface area contributed by atoms with Crippen molar-refractivity contribution >= 4 is 11.9 Å². The summed E-state index contributed by atoms with van der Waals surface area (Å²) in [6.45, 7) is 2.57. The van der Waals surface area contributed by atoms with Crippen LogP contribution in [0, 0.1) is 0 Å². The van der Waals surface area contributed by atoms with Crippen molar-refractivity contribution in [1.82, 2.24) is 5.32 Å². The first-order valence-corrected chi connectivity index (χ1v) is 10.3. The summed E-state index contributed by atoms with van der Waals surface area (Å²) >= 11 is 0. The highest BCUT2D eigenvalue weighted by molar-refractivity contribution is 5.90. The molecule has 0 spiro atoms. The van der Waals surface area contributed by atoms with Crippen molar-refractivity contribution < 1.29 is 23.8 Å². The van der Waals surface area contributed by atoms with E-state index in [-0.39, 0.29) is 12.0 Å². The summed E-state index contributed by atoms with van der Waals surface area (Å²) in [4.78, 5) is 24.9. The fourth-order valence-corrected chi connectivity index (χ4v) is 3.02. The summed E-state index contributed by atoms with van der Waals surface area (Å²) in [5.41, 5.74) is 1.41. The van der Waals surface area contributed by atoms with E-state index in [0.717, 1.165) is 24.8 Å². The van der Waals surface area contributed by atoms with E-state index in [9.17, 15) is 9.59 Å². The average molecular weight is 414 g/mol. The van der Waals surface area contributed by atoms with E-state index in [4.69, 9.17) is 14.2 Å². The van der Waals surface area contributed by atoms with Gasteiger partial charge < -0.3 is 19.5 Å². The predicted octanol–water partition coefficient (Wildman–Crippen LogP) is 4.52. The molecule has 0 aliphatic heterocycles. The van der Waals surface area contributed by atoms with Crippen LogP contribution in [-0.4, -0.2) is 32.2 Å². The summed E-state index contributed by atoms with van der Waals surface area (Å²) in [5, 5.41) is 2.91. The van der Waals surface area contributed by atoms with Gasteiger partial charge in [-0.05, 0) is 30.5 Å². The molecule has 2 rings (SSSR count).